The average Bonchev–Trinajstić information content (AvgIpc) is 3.18. The highest BCUT2D eigenvalue weighted by Crippen LogP contribution is 2.33. The fraction of sp³-hybridized carbons (Fsp3) is 0.294. The number of hydrogen-bond donors (Lipinski definition) is 1. The van der Waals surface area contributed by atoms with Crippen LogP contribution in [0.2, 0.25) is 0 Å². The van der Waals surface area contributed by atoms with E-state index in [4.69, 9.17) is 0 Å². The van der Waals surface area contributed by atoms with Crippen LogP contribution in [0.25, 0.3) is 10.6 Å². The summed E-state index contributed by atoms with van der Waals surface area (Å²) in [6, 6.07) is 8.96. The van der Waals surface area contributed by atoms with Gasteiger partial charge in [0.05, 0.1) is 6.42 Å². The number of nitrogens with one attached hydrogen (secondary N) is 1. The van der Waals surface area contributed by atoms with E-state index in [9.17, 15) is 14.4 Å². The molecular formula is C17H15N3O3S. The van der Waals surface area contributed by atoms with Crippen molar-refractivity contribution in [3.05, 3.63) is 41.4 Å². The van der Waals surface area contributed by atoms with Gasteiger partial charge in [0, 0.05) is 17.0 Å². The molecule has 3 amide bonds. The Morgan fingerprint density at radius 3 is 2.58 bits per heavy atom. The first kappa shape index (κ1) is 15.0. The molecule has 1 aromatic heterocycles. The molecule has 7 heteroatoms. The number of thiazole rings is 1. The topological polar surface area (TPSA) is 79.4 Å². The number of aromatic nitrogens is 1. The number of imide groups is 1. The van der Waals surface area contributed by atoms with Gasteiger partial charge in [-0.05, 0) is 12.8 Å². The van der Waals surface area contributed by atoms with Crippen LogP contribution in [0.15, 0.2) is 35.7 Å². The van der Waals surface area contributed by atoms with E-state index in [1.165, 1.54) is 11.3 Å². The minimum absolute atomic E-state index is 0.0287. The minimum atomic E-state index is -0.709. The van der Waals surface area contributed by atoms with Gasteiger partial charge in [0.1, 0.15) is 16.7 Å². The number of amides is 3. The van der Waals surface area contributed by atoms with Crippen molar-refractivity contribution in [1.29, 1.82) is 0 Å². The van der Waals surface area contributed by atoms with Gasteiger partial charge in [-0.15, -0.1) is 11.3 Å². The second-order valence-corrected chi connectivity index (χ2v) is 6.84. The minimum Gasteiger partial charge on any atom is -0.322 e. The predicted octanol–water partition coefficient (Wildman–Crippen LogP) is 1.83. The van der Waals surface area contributed by atoms with E-state index in [1.807, 2.05) is 30.3 Å². The molecule has 24 heavy (non-hydrogen) atoms. The van der Waals surface area contributed by atoms with Gasteiger partial charge in [-0.3, -0.25) is 19.7 Å². The van der Waals surface area contributed by atoms with Gasteiger partial charge in [0.2, 0.25) is 11.8 Å². The van der Waals surface area contributed by atoms with E-state index in [1.54, 1.807) is 10.3 Å². The standard InChI is InChI=1S/C17H15N3O3S/c21-14-8-13(15(22)19-14)20(11-6-7-11)17(23)12-9-24-16(18-12)10-4-2-1-3-5-10/h1-5,9,11,13H,6-8H2,(H,19,21,22). The van der Waals surface area contributed by atoms with Crippen molar-refractivity contribution in [3.8, 4) is 10.6 Å². The summed E-state index contributed by atoms with van der Waals surface area (Å²) in [6.45, 7) is 0. The molecule has 0 bridgehead atoms. The summed E-state index contributed by atoms with van der Waals surface area (Å²) in [5.41, 5.74) is 1.28. The molecule has 6 nitrogen and oxygen atoms in total. The van der Waals surface area contributed by atoms with Crippen LogP contribution >= 0.6 is 11.3 Å². The van der Waals surface area contributed by atoms with Crippen LogP contribution in [0.4, 0.5) is 0 Å². The normalized spacial score (nSPS) is 20.1. The Labute approximate surface area is 142 Å². The van der Waals surface area contributed by atoms with Crippen LogP contribution in [0.3, 0.4) is 0 Å². The summed E-state index contributed by atoms with van der Waals surface area (Å²) < 4.78 is 0. The third-order valence-corrected chi connectivity index (χ3v) is 5.09. The SMILES string of the molecule is O=C1CC(N(C(=O)c2csc(-c3ccccc3)n2)C2CC2)C(=O)N1. The Morgan fingerprint density at radius 2 is 1.96 bits per heavy atom. The fourth-order valence-electron chi connectivity index (χ4n) is 2.90. The highest BCUT2D eigenvalue weighted by molar-refractivity contribution is 7.13. The second-order valence-electron chi connectivity index (χ2n) is 5.98. The third kappa shape index (κ3) is 2.71. The maximum atomic E-state index is 12.9. The quantitative estimate of drug-likeness (QED) is 0.861. The first-order valence-corrected chi connectivity index (χ1v) is 8.69. The van der Waals surface area contributed by atoms with E-state index in [2.05, 4.69) is 10.3 Å². The predicted molar refractivity (Wildman–Crippen MR) is 88.3 cm³/mol. The zero-order chi connectivity index (χ0) is 16.7. The Morgan fingerprint density at radius 1 is 1.21 bits per heavy atom. The summed E-state index contributed by atoms with van der Waals surface area (Å²) in [7, 11) is 0. The number of carbonyl (C=O) groups excluding carboxylic acids is 3. The molecule has 122 valence electrons. The summed E-state index contributed by atoms with van der Waals surface area (Å²) in [4.78, 5) is 42.3. The zero-order valence-corrected chi connectivity index (χ0v) is 13.6. The summed E-state index contributed by atoms with van der Waals surface area (Å²) in [5.74, 6) is -0.990. The number of benzene rings is 1. The number of rotatable bonds is 4. The van der Waals surface area contributed by atoms with Crippen molar-refractivity contribution >= 4 is 29.1 Å². The zero-order valence-electron chi connectivity index (χ0n) is 12.8. The summed E-state index contributed by atoms with van der Waals surface area (Å²) >= 11 is 1.40. The molecule has 2 aromatic rings. The molecule has 1 aliphatic carbocycles. The van der Waals surface area contributed by atoms with Crippen LogP contribution in [-0.2, 0) is 9.59 Å². The summed E-state index contributed by atoms with van der Waals surface area (Å²) in [5, 5.41) is 4.76. The van der Waals surface area contributed by atoms with E-state index in [0.717, 1.165) is 23.4 Å². The first-order chi connectivity index (χ1) is 11.6. The Hall–Kier alpha value is -2.54. The summed E-state index contributed by atoms with van der Waals surface area (Å²) in [6.07, 6.45) is 1.76. The molecule has 0 spiro atoms. The maximum absolute atomic E-state index is 12.9. The lowest BCUT2D eigenvalue weighted by Gasteiger charge is -2.25. The van der Waals surface area contributed by atoms with E-state index in [-0.39, 0.29) is 24.3 Å². The lowest BCUT2D eigenvalue weighted by atomic mass is 10.2. The molecule has 2 aliphatic rings. The largest absolute Gasteiger partial charge is 0.322 e. The molecule has 1 unspecified atom stereocenters. The molecule has 1 saturated heterocycles. The first-order valence-electron chi connectivity index (χ1n) is 7.81. The molecular weight excluding hydrogens is 326 g/mol. The van der Waals surface area contributed by atoms with Crippen molar-refractivity contribution in [2.45, 2.75) is 31.3 Å². The monoisotopic (exact) mass is 341 g/mol. The van der Waals surface area contributed by atoms with Crippen molar-refractivity contribution in [1.82, 2.24) is 15.2 Å². The van der Waals surface area contributed by atoms with Gasteiger partial charge < -0.3 is 4.90 Å². The Balaban J connectivity index is 1.61. The third-order valence-electron chi connectivity index (χ3n) is 4.20. The molecule has 1 atom stereocenters. The molecule has 1 saturated carbocycles. The van der Waals surface area contributed by atoms with Crippen LogP contribution in [0.5, 0.6) is 0 Å². The lowest BCUT2D eigenvalue weighted by Crippen LogP contribution is -2.46. The van der Waals surface area contributed by atoms with Crippen LogP contribution in [-0.4, -0.2) is 39.7 Å². The molecule has 2 heterocycles. The van der Waals surface area contributed by atoms with E-state index >= 15 is 0 Å². The average molecular weight is 341 g/mol. The van der Waals surface area contributed by atoms with E-state index in [0.29, 0.717) is 5.69 Å². The van der Waals surface area contributed by atoms with Crippen molar-refractivity contribution in [2.24, 2.45) is 0 Å². The molecule has 1 N–H and O–H groups in total. The number of hydrogen-bond acceptors (Lipinski definition) is 5. The highest BCUT2D eigenvalue weighted by atomic mass is 32.1. The van der Waals surface area contributed by atoms with Gasteiger partial charge in [0.25, 0.3) is 5.91 Å². The van der Waals surface area contributed by atoms with Crippen LogP contribution in [0.1, 0.15) is 29.8 Å². The van der Waals surface area contributed by atoms with Crippen LogP contribution < -0.4 is 5.32 Å². The maximum Gasteiger partial charge on any atom is 0.274 e. The van der Waals surface area contributed by atoms with Crippen molar-refractivity contribution in [2.75, 3.05) is 0 Å². The molecule has 0 radical (unpaired) electrons. The second kappa shape index (κ2) is 5.83. The molecule has 2 fully saturated rings. The number of carbonyl (C=O) groups is 3. The van der Waals surface area contributed by atoms with Crippen LogP contribution in [0, 0.1) is 0 Å². The Kier molecular flexibility index (Phi) is 3.65. The van der Waals surface area contributed by atoms with Gasteiger partial charge in [-0.1, -0.05) is 30.3 Å². The van der Waals surface area contributed by atoms with Gasteiger partial charge >= 0.3 is 0 Å². The molecule has 4 rings (SSSR count). The Bertz CT molecular complexity index is 813. The van der Waals surface area contributed by atoms with Crippen molar-refractivity contribution < 1.29 is 14.4 Å². The van der Waals surface area contributed by atoms with Gasteiger partial charge in [0.15, 0.2) is 0 Å². The fourth-order valence-corrected chi connectivity index (χ4v) is 3.70. The van der Waals surface area contributed by atoms with Crippen molar-refractivity contribution in [3.63, 3.8) is 0 Å². The number of nitrogens with zero attached hydrogens (tertiary/aromatic N) is 2. The van der Waals surface area contributed by atoms with Gasteiger partial charge in [-0.2, -0.15) is 0 Å². The molecule has 1 aliphatic heterocycles. The van der Waals surface area contributed by atoms with Gasteiger partial charge in [-0.25, -0.2) is 4.98 Å². The lowest BCUT2D eigenvalue weighted by molar-refractivity contribution is -0.126. The highest BCUT2D eigenvalue weighted by Gasteiger charge is 2.45. The molecule has 1 aromatic carbocycles. The van der Waals surface area contributed by atoms with E-state index < -0.39 is 11.9 Å². The smallest absolute Gasteiger partial charge is 0.274 e.